The molecule has 0 saturated carbocycles. The number of hydrogen-bond donors (Lipinski definition) is 0. The summed E-state index contributed by atoms with van der Waals surface area (Å²) in [5.74, 6) is 0. The molecule has 0 amide bonds. The summed E-state index contributed by atoms with van der Waals surface area (Å²) in [5, 5.41) is 0. The van der Waals surface area contributed by atoms with Gasteiger partial charge in [0.25, 0.3) is 0 Å². The van der Waals surface area contributed by atoms with Crippen LogP contribution < -0.4 is 0 Å². The minimum atomic E-state index is -6.72. The summed E-state index contributed by atoms with van der Waals surface area (Å²) in [4.78, 5) is 0. The molecule has 1 rings (SSSR count). The van der Waals surface area contributed by atoms with Gasteiger partial charge in [-0.3, -0.25) is 0 Å². The highest BCUT2D eigenvalue weighted by molar-refractivity contribution is 8.13. The van der Waals surface area contributed by atoms with E-state index in [1.807, 2.05) is 0 Å². The van der Waals surface area contributed by atoms with Gasteiger partial charge in [-0.2, -0.15) is 26.3 Å². The summed E-state index contributed by atoms with van der Waals surface area (Å²) in [6.07, 6.45) is 3.87. The van der Waals surface area contributed by atoms with Gasteiger partial charge in [-0.05, 0) is 13.8 Å². The number of halogens is 6. The van der Waals surface area contributed by atoms with Gasteiger partial charge in [0.1, 0.15) is 0 Å². The number of rotatable bonds is 10. The van der Waals surface area contributed by atoms with Crippen molar-refractivity contribution < 1.29 is 60.9 Å². The first-order valence-corrected chi connectivity index (χ1v) is 14.4. The molecule has 1 saturated heterocycles. The molecule has 18 heteroatoms. The van der Waals surface area contributed by atoms with Gasteiger partial charge in [-0.25, -0.2) is 16.8 Å². The second kappa shape index (κ2) is 12.0. The summed E-state index contributed by atoms with van der Waals surface area (Å²) in [6, 6.07) is 1.64. The van der Waals surface area contributed by atoms with Crippen molar-refractivity contribution in [3.63, 3.8) is 0 Å². The van der Waals surface area contributed by atoms with Gasteiger partial charge < -0.3 is 21.9 Å². The Morgan fingerprint density at radius 3 is 1.48 bits per heavy atom. The normalized spacial score (nSPS) is 17.7. The molecular formula is C15H30F6N2O7S2Si. The van der Waals surface area contributed by atoms with Crippen LogP contribution >= 0.6 is 0 Å². The predicted octanol–water partition coefficient (Wildman–Crippen LogP) is 3.33. The first kappa shape index (κ1) is 32.5. The first-order chi connectivity index (χ1) is 14.7. The Balaban J connectivity index is 0.000000633. The third kappa shape index (κ3) is 8.90. The topological polar surface area (TPSA) is 110 Å². The lowest BCUT2D eigenvalue weighted by atomic mass is 10.2. The van der Waals surface area contributed by atoms with Gasteiger partial charge in [0, 0.05) is 46.6 Å². The van der Waals surface area contributed by atoms with Crippen molar-refractivity contribution in [3.05, 3.63) is 4.13 Å². The van der Waals surface area contributed by atoms with Crippen LogP contribution in [0.15, 0.2) is 0 Å². The largest absolute Gasteiger partial charge is 0.500 e. The van der Waals surface area contributed by atoms with Crippen molar-refractivity contribution in [2.75, 3.05) is 41.0 Å². The number of nitrogens with zero attached hydrogens (tertiary/aromatic N) is 2. The van der Waals surface area contributed by atoms with E-state index < -0.39 is 39.9 Å². The Morgan fingerprint density at radius 2 is 1.21 bits per heavy atom. The number of alkyl halides is 6. The molecule has 1 heterocycles. The van der Waals surface area contributed by atoms with Gasteiger partial charge in [0.2, 0.25) is 0 Å². The molecule has 1 aliphatic heterocycles. The molecular weight excluding hydrogens is 526 g/mol. The Hall–Kier alpha value is -0.503. The van der Waals surface area contributed by atoms with Crippen molar-refractivity contribution in [2.45, 2.75) is 56.2 Å². The average Bonchev–Trinajstić information content (AvgIpc) is 3.14. The van der Waals surface area contributed by atoms with Crippen molar-refractivity contribution in [3.8, 4) is 0 Å². The Kier molecular flexibility index (Phi) is 11.8. The number of likely N-dealkylation sites (tertiary alicyclic amines) is 1. The van der Waals surface area contributed by atoms with Crippen LogP contribution in [0.3, 0.4) is 0 Å². The third-order valence-corrected chi connectivity index (χ3v) is 10.9. The molecule has 0 aromatic heterocycles. The minimum absolute atomic E-state index is 0.719. The fraction of sp³-hybridized carbons (Fsp3) is 1.00. The van der Waals surface area contributed by atoms with E-state index in [4.69, 9.17) is 13.3 Å². The summed E-state index contributed by atoms with van der Waals surface area (Å²) in [7, 11) is -10.7. The Labute approximate surface area is 191 Å². The lowest BCUT2D eigenvalue weighted by molar-refractivity contribution is -0.936. The van der Waals surface area contributed by atoms with E-state index >= 15 is 0 Å². The molecule has 33 heavy (non-hydrogen) atoms. The Morgan fingerprint density at radius 1 is 0.848 bits per heavy atom. The van der Waals surface area contributed by atoms with Crippen LogP contribution in [0.25, 0.3) is 4.13 Å². The standard InChI is InChI=1S/C13H30NO3Si.C2F6NO4S2/c1-13(2)14(9-6-7-10-14)11-8-12-18(15-3,16-4)17-5;3-1(4,5)14(10,11)9-15(12,13)2(6,7)8/h13H,6-12H2,1-5H3;/q+1;-1. The summed E-state index contributed by atoms with van der Waals surface area (Å²) >= 11 is 0. The number of sulfonamides is 2. The molecule has 0 spiro atoms. The molecule has 0 aromatic carbocycles. The minimum Gasteiger partial charge on any atom is -0.421 e. The van der Waals surface area contributed by atoms with E-state index in [2.05, 4.69) is 13.8 Å². The summed E-state index contributed by atoms with van der Waals surface area (Å²) in [6.45, 7) is 8.58. The van der Waals surface area contributed by atoms with Crippen molar-refractivity contribution in [2.24, 2.45) is 0 Å². The van der Waals surface area contributed by atoms with Crippen LogP contribution in [0.5, 0.6) is 0 Å². The average molecular weight is 557 g/mol. The highest BCUT2D eigenvalue weighted by atomic mass is 32.3. The molecule has 200 valence electrons. The van der Waals surface area contributed by atoms with Gasteiger partial charge in [-0.15, -0.1) is 0 Å². The van der Waals surface area contributed by atoms with Gasteiger partial charge in [0.05, 0.1) is 25.7 Å². The third-order valence-electron chi connectivity index (χ3n) is 5.35. The zero-order chi connectivity index (χ0) is 26.4. The molecule has 0 aromatic rings. The fourth-order valence-corrected chi connectivity index (χ4v) is 6.76. The second-order valence-corrected chi connectivity index (χ2v) is 14.0. The zero-order valence-corrected chi connectivity index (χ0v) is 21.5. The van der Waals surface area contributed by atoms with Gasteiger partial charge >= 0.3 is 19.8 Å². The molecule has 0 aliphatic carbocycles. The van der Waals surface area contributed by atoms with E-state index in [1.165, 1.54) is 37.0 Å². The Bertz CT molecular complexity index is 759. The molecule has 0 unspecified atom stereocenters. The number of quaternary nitrogens is 1. The maximum atomic E-state index is 11.4. The van der Waals surface area contributed by atoms with Crippen molar-refractivity contribution in [1.82, 2.24) is 0 Å². The van der Waals surface area contributed by atoms with E-state index in [9.17, 15) is 43.2 Å². The van der Waals surface area contributed by atoms with E-state index in [1.54, 1.807) is 21.3 Å². The molecule has 0 N–H and O–H groups in total. The molecule has 9 nitrogen and oxygen atoms in total. The van der Waals surface area contributed by atoms with E-state index in [-0.39, 0.29) is 0 Å². The van der Waals surface area contributed by atoms with Gasteiger partial charge in [-0.1, -0.05) is 0 Å². The predicted molar refractivity (Wildman–Crippen MR) is 109 cm³/mol. The zero-order valence-electron chi connectivity index (χ0n) is 18.9. The van der Waals surface area contributed by atoms with Crippen LogP contribution in [0.2, 0.25) is 6.04 Å². The quantitative estimate of drug-likeness (QED) is 0.231. The molecule has 1 fully saturated rings. The SMILES string of the molecule is CO[Si](CCC[N+]1(C(C)C)CCCC1)(OC)OC.O=S(=O)([N-]S(=O)(=O)C(F)(F)F)C(F)(F)F. The molecule has 0 atom stereocenters. The fourth-order valence-electron chi connectivity index (χ4n) is 3.34. The van der Waals surface area contributed by atoms with Crippen LogP contribution in [-0.2, 0) is 33.3 Å². The molecule has 0 bridgehead atoms. The second-order valence-electron chi connectivity index (χ2n) is 7.51. The van der Waals surface area contributed by atoms with Gasteiger partial charge in [0.15, 0.2) is 20.0 Å². The van der Waals surface area contributed by atoms with Crippen molar-refractivity contribution in [1.29, 1.82) is 0 Å². The summed E-state index contributed by atoms with van der Waals surface area (Å²) < 4.78 is 127. The molecule has 0 radical (unpaired) electrons. The first-order valence-electron chi connectivity index (χ1n) is 9.63. The van der Waals surface area contributed by atoms with Crippen molar-refractivity contribution >= 4 is 28.9 Å². The van der Waals surface area contributed by atoms with Crippen LogP contribution in [-0.4, -0.2) is 88.1 Å². The van der Waals surface area contributed by atoms with E-state index in [0.29, 0.717) is 0 Å². The smallest absolute Gasteiger partial charge is 0.421 e. The highest BCUT2D eigenvalue weighted by Crippen LogP contribution is 2.36. The van der Waals surface area contributed by atoms with Crippen LogP contribution in [0.1, 0.15) is 33.1 Å². The van der Waals surface area contributed by atoms with E-state index in [0.717, 1.165) is 22.6 Å². The lowest BCUT2D eigenvalue weighted by Crippen LogP contribution is -2.52. The molecule has 1 aliphatic rings. The lowest BCUT2D eigenvalue weighted by Gasteiger charge is -2.39. The monoisotopic (exact) mass is 556 g/mol. The highest BCUT2D eigenvalue weighted by Gasteiger charge is 2.47. The van der Waals surface area contributed by atoms with Crippen LogP contribution in [0.4, 0.5) is 26.3 Å². The maximum Gasteiger partial charge on any atom is 0.500 e. The number of hydrogen-bond acceptors (Lipinski definition) is 7. The summed E-state index contributed by atoms with van der Waals surface area (Å²) in [5.41, 5.74) is -12.4. The van der Waals surface area contributed by atoms with Crippen LogP contribution in [0, 0.1) is 0 Å². The maximum absolute atomic E-state index is 11.4.